The molecule has 0 atom stereocenters. The number of aromatic nitrogens is 2. The summed E-state index contributed by atoms with van der Waals surface area (Å²) in [5, 5.41) is 0. The molecule has 2 heterocycles. The highest BCUT2D eigenvalue weighted by Crippen LogP contribution is 2.21. The minimum Gasteiger partial charge on any atom is -0.383 e. The Balaban J connectivity index is 1.94. The van der Waals surface area contributed by atoms with Gasteiger partial charge in [-0.2, -0.15) is 0 Å². The molecule has 0 unspecified atom stereocenters. The van der Waals surface area contributed by atoms with E-state index < -0.39 is 0 Å². The first-order valence-corrected chi connectivity index (χ1v) is 7.37. The van der Waals surface area contributed by atoms with Crippen molar-refractivity contribution in [1.29, 1.82) is 0 Å². The van der Waals surface area contributed by atoms with Gasteiger partial charge in [0, 0.05) is 12.6 Å². The molecule has 3 aromatic rings. The summed E-state index contributed by atoms with van der Waals surface area (Å²) in [7, 11) is 0. The van der Waals surface area contributed by atoms with Crippen molar-refractivity contribution in [2.24, 2.45) is 0 Å². The molecule has 108 valence electrons. The van der Waals surface area contributed by atoms with Gasteiger partial charge in [-0.1, -0.05) is 44.2 Å². The molecule has 0 bridgehead atoms. The second-order valence-corrected chi connectivity index (χ2v) is 5.90. The highest BCUT2D eigenvalue weighted by molar-refractivity contribution is 5.57. The summed E-state index contributed by atoms with van der Waals surface area (Å²) in [5.74, 6) is 1.29. The molecule has 2 aromatic heterocycles. The predicted octanol–water partition coefficient (Wildman–Crippen LogP) is 3.94. The number of rotatable bonds is 3. The van der Waals surface area contributed by atoms with Crippen LogP contribution in [0.2, 0.25) is 0 Å². The van der Waals surface area contributed by atoms with Gasteiger partial charge in [0.15, 0.2) is 0 Å². The van der Waals surface area contributed by atoms with E-state index in [1.165, 1.54) is 11.1 Å². The zero-order valence-electron chi connectivity index (χ0n) is 12.8. The minimum absolute atomic E-state index is 0.557. The van der Waals surface area contributed by atoms with E-state index >= 15 is 0 Å². The van der Waals surface area contributed by atoms with Crippen LogP contribution in [0.3, 0.4) is 0 Å². The maximum absolute atomic E-state index is 6.23. The van der Waals surface area contributed by atoms with Crippen LogP contribution in [0.4, 0.5) is 5.82 Å². The molecule has 0 aliphatic carbocycles. The molecule has 1 aromatic carbocycles. The first kappa shape index (κ1) is 13.7. The quantitative estimate of drug-likeness (QED) is 0.789. The molecule has 0 amide bonds. The largest absolute Gasteiger partial charge is 0.383 e. The van der Waals surface area contributed by atoms with Crippen LogP contribution >= 0.6 is 0 Å². The maximum Gasteiger partial charge on any atom is 0.141 e. The molecule has 0 saturated heterocycles. The van der Waals surface area contributed by atoms with Crippen LogP contribution < -0.4 is 5.73 Å². The zero-order chi connectivity index (χ0) is 15.0. The van der Waals surface area contributed by atoms with Crippen LogP contribution in [-0.2, 0) is 6.42 Å². The maximum atomic E-state index is 6.23. The third kappa shape index (κ3) is 2.51. The molecular formula is C18H21N3. The molecule has 0 aliphatic rings. The van der Waals surface area contributed by atoms with Crippen LogP contribution in [0.25, 0.3) is 5.65 Å². The predicted molar refractivity (Wildman–Crippen MR) is 87.7 cm³/mol. The number of hydrogen-bond donors (Lipinski definition) is 1. The summed E-state index contributed by atoms with van der Waals surface area (Å²) in [6, 6.07) is 12.8. The van der Waals surface area contributed by atoms with E-state index in [2.05, 4.69) is 51.1 Å². The second-order valence-electron chi connectivity index (χ2n) is 5.90. The number of fused-ring (bicyclic) bond motifs is 1. The van der Waals surface area contributed by atoms with Gasteiger partial charge in [0.1, 0.15) is 11.5 Å². The van der Waals surface area contributed by atoms with Gasteiger partial charge < -0.3 is 5.73 Å². The Morgan fingerprint density at radius 2 is 1.86 bits per heavy atom. The molecule has 2 N–H and O–H groups in total. The fourth-order valence-electron chi connectivity index (χ4n) is 2.61. The topological polar surface area (TPSA) is 43.3 Å². The number of nitrogens with two attached hydrogens (primary N) is 1. The Kier molecular flexibility index (Phi) is 3.42. The van der Waals surface area contributed by atoms with Crippen molar-refractivity contribution in [1.82, 2.24) is 9.38 Å². The van der Waals surface area contributed by atoms with Crippen LogP contribution in [0, 0.1) is 6.92 Å². The van der Waals surface area contributed by atoms with Crippen LogP contribution in [0.15, 0.2) is 42.6 Å². The Labute approximate surface area is 125 Å². The molecular weight excluding hydrogens is 258 g/mol. The first-order chi connectivity index (χ1) is 10.1. The molecule has 3 nitrogen and oxygen atoms in total. The summed E-state index contributed by atoms with van der Waals surface area (Å²) >= 11 is 0. The van der Waals surface area contributed by atoms with E-state index in [-0.39, 0.29) is 0 Å². The lowest BCUT2D eigenvalue weighted by Crippen LogP contribution is -1.98. The van der Waals surface area contributed by atoms with Gasteiger partial charge in [-0.3, -0.25) is 4.40 Å². The SMILES string of the molecule is Cc1cccn2c(N)c(Cc3ccc(C(C)C)cc3)nc12. The Morgan fingerprint density at radius 3 is 2.48 bits per heavy atom. The van der Waals surface area contributed by atoms with Crippen molar-refractivity contribution in [3.8, 4) is 0 Å². The molecule has 0 aliphatic heterocycles. The van der Waals surface area contributed by atoms with Crippen LogP contribution in [-0.4, -0.2) is 9.38 Å². The first-order valence-electron chi connectivity index (χ1n) is 7.37. The summed E-state index contributed by atoms with van der Waals surface area (Å²) < 4.78 is 1.97. The Morgan fingerprint density at radius 1 is 1.14 bits per heavy atom. The lowest BCUT2D eigenvalue weighted by molar-refractivity contribution is 0.865. The fourth-order valence-corrected chi connectivity index (χ4v) is 2.61. The summed E-state index contributed by atoms with van der Waals surface area (Å²) in [4.78, 5) is 4.70. The van der Waals surface area contributed by atoms with Crippen molar-refractivity contribution in [2.75, 3.05) is 5.73 Å². The average molecular weight is 279 g/mol. The van der Waals surface area contributed by atoms with Gasteiger partial charge in [0.25, 0.3) is 0 Å². The number of anilines is 1. The minimum atomic E-state index is 0.557. The fraction of sp³-hybridized carbons (Fsp3) is 0.278. The van der Waals surface area contributed by atoms with Crippen molar-refractivity contribution in [3.05, 3.63) is 65.0 Å². The van der Waals surface area contributed by atoms with Gasteiger partial charge in [0.05, 0.1) is 5.69 Å². The van der Waals surface area contributed by atoms with E-state index in [0.29, 0.717) is 5.92 Å². The van der Waals surface area contributed by atoms with Crippen molar-refractivity contribution >= 4 is 11.5 Å². The molecule has 0 fully saturated rings. The Bertz CT molecular complexity index is 767. The number of hydrogen-bond acceptors (Lipinski definition) is 2. The molecule has 3 rings (SSSR count). The highest BCUT2D eigenvalue weighted by atomic mass is 15.1. The standard InChI is InChI=1S/C18H21N3/c1-12(2)15-8-6-14(7-9-15)11-16-17(19)21-10-4-5-13(3)18(21)20-16/h4-10,12H,11,19H2,1-3H3. The zero-order valence-corrected chi connectivity index (χ0v) is 12.8. The molecule has 21 heavy (non-hydrogen) atoms. The highest BCUT2D eigenvalue weighted by Gasteiger charge is 2.11. The van der Waals surface area contributed by atoms with Crippen molar-refractivity contribution in [2.45, 2.75) is 33.1 Å². The van der Waals surface area contributed by atoms with Gasteiger partial charge in [0.2, 0.25) is 0 Å². The monoisotopic (exact) mass is 279 g/mol. The van der Waals surface area contributed by atoms with E-state index in [1.807, 2.05) is 16.7 Å². The molecule has 0 radical (unpaired) electrons. The van der Waals surface area contributed by atoms with E-state index in [0.717, 1.165) is 29.1 Å². The lowest BCUT2D eigenvalue weighted by atomic mass is 10.0. The average Bonchev–Trinajstić information content (AvgIpc) is 2.78. The van der Waals surface area contributed by atoms with E-state index in [9.17, 15) is 0 Å². The van der Waals surface area contributed by atoms with Crippen LogP contribution in [0.5, 0.6) is 0 Å². The number of nitrogens with zero attached hydrogens (tertiary/aromatic N) is 2. The van der Waals surface area contributed by atoms with E-state index in [1.54, 1.807) is 0 Å². The third-order valence-electron chi connectivity index (χ3n) is 3.98. The molecule has 0 saturated carbocycles. The van der Waals surface area contributed by atoms with Gasteiger partial charge in [-0.15, -0.1) is 0 Å². The van der Waals surface area contributed by atoms with Crippen LogP contribution in [0.1, 0.15) is 42.1 Å². The number of aryl methyl sites for hydroxylation is 1. The van der Waals surface area contributed by atoms with E-state index in [4.69, 9.17) is 10.7 Å². The summed E-state index contributed by atoms with van der Waals surface area (Å²) in [6.07, 6.45) is 2.74. The van der Waals surface area contributed by atoms with Crippen molar-refractivity contribution < 1.29 is 0 Å². The summed E-state index contributed by atoms with van der Waals surface area (Å²) in [6.45, 7) is 6.47. The van der Waals surface area contributed by atoms with Crippen molar-refractivity contribution in [3.63, 3.8) is 0 Å². The van der Waals surface area contributed by atoms with Gasteiger partial charge in [-0.25, -0.2) is 4.98 Å². The number of nitrogen functional groups attached to an aromatic ring is 1. The number of imidazole rings is 1. The molecule has 0 spiro atoms. The molecule has 3 heteroatoms. The summed E-state index contributed by atoms with van der Waals surface area (Å²) in [5.41, 5.74) is 11.9. The number of pyridine rings is 1. The number of benzene rings is 1. The second kappa shape index (κ2) is 5.24. The lowest BCUT2D eigenvalue weighted by Gasteiger charge is -2.06. The third-order valence-corrected chi connectivity index (χ3v) is 3.98. The Hall–Kier alpha value is -2.29. The normalized spacial score (nSPS) is 11.4. The van der Waals surface area contributed by atoms with Gasteiger partial charge in [-0.05, 0) is 35.6 Å². The van der Waals surface area contributed by atoms with Gasteiger partial charge >= 0.3 is 0 Å². The smallest absolute Gasteiger partial charge is 0.141 e.